The van der Waals surface area contributed by atoms with Crippen LogP contribution in [-0.2, 0) is 9.53 Å². The molecule has 1 aromatic carbocycles. The van der Waals surface area contributed by atoms with E-state index in [1.807, 2.05) is 24.3 Å². The Hall–Kier alpha value is -2.50. The number of benzene rings is 1. The summed E-state index contributed by atoms with van der Waals surface area (Å²) < 4.78 is 11.3. The van der Waals surface area contributed by atoms with Crippen LogP contribution in [0.1, 0.15) is 57.6 Å². The van der Waals surface area contributed by atoms with Crippen LogP contribution in [0.2, 0.25) is 0 Å². The smallest absolute Gasteiger partial charge is 0.338 e. The molecule has 6 heteroatoms. The fourth-order valence-electron chi connectivity index (χ4n) is 3.41. The van der Waals surface area contributed by atoms with Crippen LogP contribution in [0.15, 0.2) is 35.5 Å². The Morgan fingerprint density at radius 3 is 2.54 bits per heavy atom. The first-order valence-electron chi connectivity index (χ1n) is 9.30. The van der Waals surface area contributed by atoms with E-state index in [9.17, 15) is 9.59 Å². The molecule has 1 saturated carbocycles. The second-order valence-electron chi connectivity index (χ2n) is 6.80. The Bertz CT molecular complexity index is 690. The molecule has 140 valence electrons. The lowest BCUT2D eigenvalue weighted by Gasteiger charge is -2.29. The van der Waals surface area contributed by atoms with Crippen molar-refractivity contribution in [2.24, 2.45) is 0 Å². The highest BCUT2D eigenvalue weighted by Gasteiger charge is 2.33. The summed E-state index contributed by atoms with van der Waals surface area (Å²) in [5.41, 5.74) is 1.81. The van der Waals surface area contributed by atoms with Gasteiger partial charge >= 0.3 is 12.0 Å². The highest BCUT2D eigenvalue weighted by atomic mass is 16.5. The minimum atomic E-state index is -0.530. The molecule has 1 aromatic rings. The highest BCUT2D eigenvalue weighted by molar-refractivity contribution is 5.95. The maximum Gasteiger partial charge on any atom is 0.338 e. The van der Waals surface area contributed by atoms with E-state index in [2.05, 4.69) is 17.6 Å². The molecule has 1 atom stereocenters. The summed E-state index contributed by atoms with van der Waals surface area (Å²) in [5, 5.41) is 5.51. The summed E-state index contributed by atoms with van der Waals surface area (Å²) in [6, 6.07) is 6.60. The monoisotopic (exact) mass is 358 g/mol. The van der Waals surface area contributed by atoms with Crippen molar-refractivity contribution in [3.63, 3.8) is 0 Å². The summed E-state index contributed by atoms with van der Waals surface area (Å²) in [4.78, 5) is 24.7. The quantitative estimate of drug-likeness (QED) is 0.762. The summed E-state index contributed by atoms with van der Waals surface area (Å²) in [6.07, 6.45) is 4.91. The zero-order chi connectivity index (χ0) is 18.5. The van der Waals surface area contributed by atoms with Gasteiger partial charge in [0.2, 0.25) is 0 Å². The molecule has 1 fully saturated rings. The molecule has 2 amide bonds. The average Bonchev–Trinajstić information content (AvgIpc) is 3.12. The second-order valence-corrected chi connectivity index (χ2v) is 6.80. The molecule has 0 saturated heterocycles. The Labute approximate surface area is 153 Å². The van der Waals surface area contributed by atoms with Crippen molar-refractivity contribution in [1.29, 1.82) is 0 Å². The lowest BCUT2D eigenvalue weighted by molar-refractivity contribution is -0.144. The molecular formula is C20H26N2O4. The SMILES string of the molecule is CCCOc1ccc([C@H]2NC(=O)NC(C)=C2C(=O)OC2CCCC2)cc1. The molecule has 2 aliphatic rings. The number of allylic oxidation sites excluding steroid dienone is 1. The van der Waals surface area contributed by atoms with Crippen molar-refractivity contribution < 1.29 is 19.1 Å². The number of hydrogen-bond donors (Lipinski definition) is 2. The van der Waals surface area contributed by atoms with Crippen LogP contribution in [0, 0.1) is 0 Å². The van der Waals surface area contributed by atoms with Crippen molar-refractivity contribution in [1.82, 2.24) is 10.6 Å². The minimum Gasteiger partial charge on any atom is -0.494 e. The predicted molar refractivity (Wildman–Crippen MR) is 97.7 cm³/mol. The molecule has 0 spiro atoms. The summed E-state index contributed by atoms with van der Waals surface area (Å²) in [7, 11) is 0. The van der Waals surface area contributed by atoms with Crippen LogP contribution in [0.3, 0.4) is 0 Å². The molecule has 0 unspecified atom stereocenters. The molecule has 1 aliphatic carbocycles. The number of esters is 1. The van der Waals surface area contributed by atoms with Crippen LogP contribution in [0.4, 0.5) is 4.79 Å². The Morgan fingerprint density at radius 1 is 1.19 bits per heavy atom. The summed E-state index contributed by atoms with van der Waals surface area (Å²) >= 11 is 0. The molecule has 0 radical (unpaired) electrons. The zero-order valence-electron chi connectivity index (χ0n) is 15.3. The summed E-state index contributed by atoms with van der Waals surface area (Å²) in [5.74, 6) is 0.407. The van der Waals surface area contributed by atoms with Crippen LogP contribution < -0.4 is 15.4 Å². The first-order chi connectivity index (χ1) is 12.6. The molecular weight excluding hydrogens is 332 g/mol. The van der Waals surface area contributed by atoms with E-state index in [4.69, 9.17) is 9.47 Å². The third kappa shape index (κ3) is 4.18. The van der Waals surface area contributed by atoms with E-state index in [1.165, 1.54) is 0 Å². The number of urea groups is 1. The number of carbonyl (C=O) groups is 2. The fourth-order valence-corrected chi connectivity index (χ4v) is 3.41. The molecule has 6 nitrogen and oxygen atoms in total. The van der Waals surface area contributed by atoms with Crippen molar-refractivity contribution in [3.05, 3.63) is 41.1 Å². The number of nitrogens with one attached hydrogen (secondary N) is 2. The number of amides is 2. The van der Waals surface area contributed by atoms with E-state index in [0.29, 0.717) is 17.9 Å². The van der Waals surface area contributed by atoms with Crippen LogP contribution in [0.25, 0.3) is 0 Å². The number of hydrogen-bond acceptors (Lipinski definition) is 4. The van der Waals surface area contributed by atoms with Crippen molar-refractivity contribution in [2.45, 2.75) is 58.1 Å². The number of rotatable bonds is 6. The number of carbonyl (C=O) groups excluding carboxylic acids is 2. The normalized spacial score (nSPS) is 20.5. The third-order valence-electron chi connectivity index (χ3n) is 4.75. The Balaban J connectivity index is 1.81. The zero-order valence-corrected chi connectivity index (χ0v) is 15.3. The van der Waals surface area contributed by atoms with Crippen LogP contribution >= 0.6 is 0 Å². The maximum atomic E-state index is 12.8. The van der Waals surface area contributed by atoms with E-state index >= 15 is 0 Å². The van der Waals surface area contributed by atoms with Crippen molar-refractivity contribution in [3.8, 4) is 5.75 Å². The van der Waals surface area contributed by atoms with Gasteiger partial charge < -0.3 is 20.1 Å². The average molecular weight is 358 g/mol. The first kappa shape index (κ1) is 18.3. The van der Waals surface area contributed by atoms with Crippen LogP contribution in [0.5, 0.6) is 5.75 Å². The lowest BCUT2D eigenvalue weighted by atomic mass is 9.95. The van der Waals surface area contributed by atoms with Crippen molar-refractivity contribution in [2.75, 3.05) is 6.61 Å². The van der Waals surface area contributed by atoms with Gasteiger partial charge in [0.25, 0.3) is 0 Å². The Morgan fingerprint density at radius 2 is 1.88 bits per heavy atom. The van der Waals surface area contributed by atoms with E-state index in [0.717, 1.165) is 43.4 Å². The van der Waals surface area contributed by atoms with Gasteiger partial charge in [-0.1, -0.05) is 19.1 Å². The van der Waals surface area contributed by atoms with E-state index in [-0.39, 0.29) is 18.1 Å². The van der Waals surface area contributed by atoms with Gasteiger partial charge in [-0.25, -0.2) is 9.59 Å². The molecule has 0 bridgehead atoms. The maximum absolute atomic E-state index is 12.8. The highest BCUT2D eigenvalue weighted by Crippen LogP contribution is 2.30. The lowest BCUT2D eigenvalue weighted by Crippen LogP contribution is -2.45. The van der Waals surface area contributed by atoms with Gasteiger partial charge in [0.15, 0.2) is 0 Å². The fraction of sp³-hybridized carbons (Fsp3) is 0.500. The van der Waals surface area contributed by atoms with Gasteiger partial charge in [-0.05, 0) is 56.7 Å². The standard InChI is InChI=1S/C20H26N2O4/c1-3-12-25-15-10-8-14(9-11-15)18-17(13(2)21-20(24)22-18)19(23)26-16-6-4-5-7-16/h8-11,16,18H,3-7,12H2,1-2H3,(H2,21,22,24)/t18-/m1/s1. The summed E-state index contributed by atoms with van der Waals surface area (Å²) in [6.45, 7) is 4.44. The van der Waals surface area contributed by atoms with Gasteiger partial charge in [-0.15, -0.1) is 0 Å². The molecule has 1 aliphatic heterocycles. The molecule has 3 rings (SSSR count). The van der Waals surface area contributed by atoms with Crippen molar-refractivity contribution >= 4 is 12.0 Å². The van der Waals surface area contributed by atoms with Crippen LogP contribution in [-0.4, -0.2) is 24.7 Å². The minimum absolute atomic E-state index is 0.0223. The van der Waals surface area contributed by atoms with Gasteiger partial charge in [-0.2, -0.15) is 0 Å². The molecule has 0 aromatic heterocycles. The van der Waals surface area contributed by atoms with Gasteiger partial charge in [0.05, 0.1) is 18.2 Å². The van der Waals surface area contributed by atoms with E-state index in [1.54, 1.807) is 6.92 Å². The van der Waals surface area contributed by atoms with Gasteiger partial charge in [-0.3, -0.25) is 0 Å². The molecule has 1 heterocycles. The molecule has 26 heavy (non-hydrogen) atoms. The predicted octanol–water partition coefficient (Wildman–Crippen LogP) is 3.59. The van der Waals surface area contributed by atoms with E-state index < -0.39 is 6.04 Å². The second kappa shape index (κ2) is 8.25. The Kier molecular flexibility index (Phi) is 5.81. The number of ether oxygens (including phenoxy) is 2. The largest absolute Gasteiger partial charge is 0.494 e. The first-order valence-corrected chi connectivity index (χ1v) is 9.30. The molecule has 2 N–H and O–H groups in total. The third-order valence-corrected chi connectivity index (χ3v) is 4.75. The van der Waals surface area contributed by atoms with Gasteiger partial charge in [0.1, 0.15) is 11.9 Å². The topological polar surface area (TPSA) is 76.7 Å². The van der Waals surface area contributed by atoms with Gasteiger partial charge in [0, 0.05) is 5.70 Å².